The Hall–Kier alpha value is -1.99. The number of hydrogen-bond acceptors (Lipinski definition) is 4. The standard InChI is InChI=1S/C22H31N2O3Si/c1-17-12-18(2)22(19(3)13-17)24-11-10-23(16-24)15-20-8-7-9-21(14-20)28(25-4,26-5)27-6/h7-9,12-14,16H,10-11,15H2,1-6H3/q+1. The monoisotopic (exact) mass is 399 g/mol. The van der Waals surface area contributed by atoms with Crippen LogP contribution in [-0.2, 0) is 19.8 Å². The maximum atomic E-state index is 5.62. The highest BCUT2D eigenvalue weighted by atomic mass is 28.4. The van der Waals surface area contributed by atoms with Crippen molar-refractivity contribution >= 4 is 26.0 Å². The van der Waals surface area contributed by atoms with Gasteiger partial charge in [0.15, 0.2) is 0 Å². The van der Waals surface area contributed by atoms with E-state index in [0.717, 1.165) is 24.8 Å². The van der Waals surface area contributed by atoms with Crippen molar-refractivity contribution in [3.8, 4) is 0 Å². The Morgan fingerprint density at radius 1 is 0.964 bits per heavy atom. The van der Waals surface area contributed by atoms with Gasteiger partial charge in [-0.2, -0.15) is 0 Å². The lowest BCUT2D eigenvalue weighted by Gasteiger charge is -2.24. The van der Waals surface area contributed by atoms with Gasteiger partial charge in [0.2, 0.25) is 6.34 Å². The zero-order valence-electron chi connectivity index (χ0n) is 17.8. The topological polar surface area (TPSA) is 33.9 Å². The molecule has 5 nitrogen and oxygen atoms in total. The summed E-state index contributed by atoms with van der Waals surface area (Å²) in [6.07, 6.45) is 2.24. The van der Waals surface area contributed by atoms with Crippen LogP contribution in [-0.4, -0.2) is 54.1 Å². The Kier molecular flexibility index (Phi) is 6.35. The molecule has 150 valence electrons. The lowest BCUT2D eigenvalue weighted by molar-refractivity contribution is -0.530. The van der Waals surface area contributed by atoms with Crippen molar-refractivity contribution < 1.29 is 17.9 Å². The van der Waals surface area contributed by atoms with Crippen LogP contribution in [0.2, 0.25) is 0 Å². The van der Waals surface area contributed by atoms with Crippen LogP contribution in [0.15, 0.2) is 36.4 Å². The number of nitrogens with zero attached hydrogens (tertiary/aromatic N) is 2. The van der Waals surface area contributed by atoms with Crippen molar-refractivity contribution in [3.63, 3.8) is 0 Å². The minimum absolute atomic E-state index is 0.843. The number of anilines is 1. The van der Waals surface area contributed by atoms with Gasteiger partial charge in [-0.05, 0) is 43.5 Å². The summed E-state index contributed by atoms with van der Waals surface area (Å²) >= 11 is 0. The van der Waals surface area contributed by atoms with Gasteiger partial charge in [-0.3, -0.25) is 4.58 Å². The molecule has 0 aliphatic carbocycles. The third-order valence-corrected chi connectivity index (χ3v) is 7.96. The molecule has 0 unspecified atom stereocenters. The molecule has 1 aliphatic heterocycles. The molecule has 0 fully saturated rings. The lowest BCUT2D eigenvalue weighted by Crippen LogP contribution is -2.54. The first-order chi connectivity index (χ1) is 13.4. The highest BCUT2D eigenvalue weighted by Gasteiger charge is 2.40. The second kappa shape index (κ2) is 8.57. The maximum absolute atomic E-state index is 5.62. The summed E-state index contributed by atoms with van der Waals surface area (Å²) in [5.41, 5.74) is 6.51. The summed E-state index contributed by atoms with van der Waals surface area (Å²) in [6, 6.07) is 12.9. The first-order valence-corrected chi connectivity index (χ1v) is 11.3. The van der Waals surface area contributed by atoms with E-state index >= 15 is 0 Å². The number of aryl methyl sites for hydroxylation is 3. The van der Waals surface area contributed by atoms with Crippen LogP contribution in [0.4, 0.5) is 5.69 Å². The molecule has 28 heavy (non-hydrogen) atoms. The van der Waals surface area contributed by atoms with Gasteiger partial charge in [0, 0.05) is 26.5 Å². The summed E-state index contributed by atoms with van der Waals surface area (Å²) in [6.45, 7) is 9.38. The van der Waals surface area contributed by atoms with E-state index in [4.69, 9.17) is 13.3 Å². The van der Waals surface area contributed by atoms with E-state index in [0.29, 0.717) is 0 Å². The van der Waals surface area contributed by atoms with E-state index in [1.165, 1.54) is 27.9 Å². The minimum Gasteiger partial charge on any atom is -0.373 e. The molecule has 2 aromatic carbocycles. The summed E-state index contributed by atoms with van der Waals surface area (Å²) in [5, 5.41) is 0.985. The van der Waals surface area contributed by atoms with Gasteiger partial charge in [-0.1, -0.05) is 35.9 Å². The van der Waals surface area contributed by atoms with Gasteiger partial charge in [0.1, 0.15) is 25.3 Å². The molecule has 0 saturated heterocycles. The molecule has 0 amide bonds. The first-order valence-electron chi connectivity index (χ1n) is 9.61. The van der Waals surface area contributed by atoms with Crippen LogP contribution in [0, 0.1) is 20.8 Å². The van der Waals surface area contributed by atoms with Crippen LogP contribution in [0.5, 0.6) is 0 Å². The fourth-order valence-electron chi connectivity index (χ4n) is 4.16. The molecule has 1 aliphatic rings. The number of hydrogen-bond donors (Lipinski definition) is 0. The third-order valence-electron chi connectivity index (χ3n) is 5.33. The Morgan fingerprint density at radius 2 is 1.61 bits per heavy atom. The molecule has 3 rings (SSSR count). The average Bonchev–Trinajstić information content (AvgIpc) is 3.11. The van der Waals surface area contributed by atoms with Gasteiger partial charge >= 0.3 is 8.80 Å². The SMILES string of the molecule is CO[Si](OC)(OC)c1cccc(C[N+]2=CN(c3c(C)cc(C)cc3C)CC2)c1. The molecule has 1 heterocycles. The predicted octanol–water partition coefficient (Wildman–Crippen LogP) is 2.76. The summed E-state index contributed by atoms with van der Waals surface area (Å²) < 4.78 is 19.2. The highest BCUT2D eigenvalue weighted by molar-refractivity contribution is 6.75. The minimum atomic E-state index is -2.81. The van der Waals surface area contributed by atoms with Gasteiger partial charge in [-0.25, -0.2) is 4.90 Å². The van der Waals surface area contributed by atoms with E-state index in [-0.39, 0.29) is 0 Å². The van der Waals surface area contributed by atoms with Crippen molar-refractivity contribution in [3.05, 3.63) is 58.7 Å². The van der Waals surface area contributed by atoms with E-state index in [2.05, 4.69) is 60.9 Å². The normalized spacial score (nSPS) is 14.5. The molecular weight excluding hydrogens is 368 g/mol. The van der Waals surface area contributed by atoms with E-state index < -0.39 is 8.80 Å². The van der Waals surface area contributed by atoms with E-state index in [1.54, 1.807) is 21.3 Å². The van der Waals surface area contributed by atoms with Crippen LogP contribution < -0.4 is 10.1 Å². The summed E-state index contributed by atoms with van der Waals surface area (Å²) in [4.78, 5) is 2.37. The molecule has 0 saturated carbocycles. The fourth-order valence-corrected chi connectivity index (χ4v) is 6.03. The van der Waals surface area contributed by atoms with Crippen molar-refractivity contribution in [1.29, 1.82) is 0 Å². The van der Waals surface area contributed by atoms with Crippen LogP contribution in [0.25, 0.3) is 0 Å². The molecule has 0 N–H and O–H groups in total. The Balaban J connectivity index is 1.82. The highest BCUT2D eigenvalue weighted by Crippen LogP contribution is 2.26. The summed E-state index contributed by atoms with van der Waals surface area (Å²) in [7, 11) is 2.12. The quantitative estimate of drug-likeness (QED) is 0.530. The second-order valence-electron chi connectivity index (χ2n) is 7.40. The molecular formula is C22H31N2O3Si+. The number of rotatable bonds is 7. The van der Waals surface area contributed by atoms with Crippen LogP contribution >= 0.6 is 0 Å². The maximum Gasteiger partial charge on any atom is 0.536 e. The zero-order chi connectivity index (χ0) is 20.3. The van der Waals surface area contributed by atoms with Gasteiger partial charge < -0.3 is 13.3 Å². The first kappa shape index (κ1) is 20.7. The smallest absolute Gasteiger partial charge is 0.373 e. The fraction of sp³-hybridized carbons (Fsp3) is 0.409. The van der Waals surface area contributed by atoms with Crippen molar-refractivity contribution in [2.45, 2.75) is 27.3 Å². The van der Waals surface area contributed by atoms with Crippen molar-refractivity contribution in [2.24, 2.45) is 0 Å². The van der Waals surface area contributed by atoms with Crippen LogP contribution in [0.3, 0.4) is 0 Å². The van der Waals surface area contributed by atoms with E-state index in [1.807, 2.05) is 12.1 Å². The second-order valence-corrected chi connectivity index (χ2v) is 10.3. The zero-order valence-corrected chi connectivity index (χ0v) is 18.8. The van der Waals surface area contributed by atoms with Crippen LogP contribution in [0.1, 0.15) is 22.3 Å². The Labute approximate surface area is 169 Å². The molecule has 0 bridgehead atoms. The molecule has 0 spiro atoms. The third kappa shape index (κ3) is 4.05. The Bertz CT molecular complexity index is 847. The average molecular weight is 400 g/mol. The summed E-state index contributed by atoms with van der Waals surface area (Å²) in [5.74, 6) is 0. The molecule has 0 radical (unpaired) electrons. The lowest BCUT2D eigenvalue weighted by atomic mass is 10.0. The molecule has 0 atom stereocenters. The molecule has 2 aromatic rings. The number of benzene rings is 2. The predicted molar refractivity (Wildman–Crippen MR) is 116 cm³/mol. The largest absolute Gasteiger partial charge is 0.536 e. The van der Waals surface area contributed by atoms with E-state index in [9.17, 15) is 0 Å². The van der Waals surface area contributed by atoms with Crippen molar-refractivity contribution in [1.82, 2.24) is 0 Å². The molecule has 0 aromatic heterocycles. The van der Waals surface area contributed by atoms with Gasteiger partial charge in [-0.15, -0.1) is 0 Å². The Morgan fingerprint density at radius 3 is 2.21 bits per heavy atom. The van der Waals surface area contributed by atoms with Gasteiger partial charge in [0.05, 0.1) is 0 Å². The molecule has 6 heteroatoms. The van der Waals surface area contributed by atoms with Gasteiger partial charge in [0.25, 0.3) is 0 Å². The van der Waals surface area contributed by atoms with Crippen molar-refractivity contribution in [2.75, 3.05) is 39.3 Å².